The first-order valence-corrected chi connectivity index (χ1v) is 8.36. The Kier molecular flexibility index (Phi) is 4.39. The Morgan fingerprint density at radius 2 is 2.00 bits per heavy atom. The van der Waals surface area contributed by atoms with Crippen molar-refractivity contribution in [1.29, 1.82) is 0 Å². The van der Waals surface area contributed by atoms with Crippen LogP contribution in [0.4, 0.5) is 0 Å². The summed E-state index contributed by atoms with van der Waals surface area (Å²) in [5.41, 5.74) is 0.937. The van der Waals surface area contributed by atoms with Crippen LogP contribution in [0, 0.1) is 0 Å². The minimum Gasteiger partial charge on any atom is -0.451 e. The number of hydrogen-bond donors (Lipinski definition) is 1. The predicted molar refractivity (Wildman–Crippen MR) is 87.5 cm³/mol. The molecule has 3 rings (SSSR count). The third-order valence-electron chi connectivity index (χ3n) is 4.67. The van der Waals surface area contributed by atoms with Crippen LogP contribution in [0.15, 0.2) is 18.2 Å². The minimum atomic E-state index is -0.670. The molecule has 0 radical (unpaired) electrons. The van der Waals surface area contributed by atoms with Gasteiger partial charge in [0.05, 0.1) is 11.1 Å². The number of benzene rings is 1. The molecule has 0 spiro atoms. The summed E-state index contributed by atoms with van der Waals surface area (Å²) in [7, 11) is 0. The molecule has 1 saturated heterocycles. The van der Waals surface area contributed by atoms with E-state index in [1.165, 1.54) is 19.3 Å². The van der Waals surface area contributed by atoms with Gasteiger partial charge in [-0.3, -0.25) is 4.79 Å². The van der Waals surface area contributed by atoms with Crippen LogP contribution in [0.2, 0.25) is 0 Å². The van der Waals surface area contributed by atoms with Gasteiger partial charge in [0, 0.05) is 18.7 Å². The van der Waals surface area contributed by atoms with Crippen LogP contribution in [0.3, 0.4) is 0 Å². The van der Waals surface area contributed by atoms with Crippen LogP contribution in [0.25, 0.3) is 0 Å². The maximum Gasteiger partial charge on any atom is 0.340 e. The largest absolute Gasteiger partial charge is 0.451 e. The lowest BCUT2D eigenvalue weighted by Crippen LogP contribution is -2.38. The van der Waals surface area contributed by atoms with Crippen molar-refractivity contribution in [3.8, 4) is 0 Å². The Morgan fingerprint density at radius 3 is 2.74 bits per heavy atom. The second-order valence-electron chi connectivity index (χ2n) is 6.79. The van der Waals surface area contributed by atoms with Crippen LogP contribution in [-0.4, -0.2) is 43.0 Å². The Balaban J connectivity index is 1.66. The molecule has 0 unspecified atom stereocenters. The highest BCUT2D eigenvalue weighted by Gasteiger charge is 2.40. The van der Waals surface area contributed by atoms with Crippen LogP contribution in [0.5, 0.6) is 0 Å². The van der Waals surface area contributed by atoms with Crippen molar-refractivity contribution in [2.45, 2.75) is 38.7 Å². The average Bonchev–Trinajstić information content (AvgIpc) is 2.78. The molecule has 5 nitrogen and oxygen atoms in total. The van der Waals surface area contributed by atoms with Crippen molar-refractivity contribution in [3.63, 3.8) is 0 Å². The molecule has 124 valence electrons. The maximum absolute atomic E-state index is 12.5. The van der Waals surface area contributed by atoms with Gasteiger partial charge in [0.1, 0.15) is 5.60 Å². The third-order valence-corrected chi connectivity index (χ3v) is 4.67. The van der Waals surface area contributed by atoms with Crippen molar-refractivity contribution in [2.24, 2.45) is 0 Å². The van der Waals surface area contributed by atoms with Crippen molar-refractivity contribution in [2.75, 3.05) is 26.2 Å². The van der Waals surface area contributed by atoms with Crippen molar-refractivity contribution in [1.82, 2.24) is 10.2 Å². The SMILES string of the molecule is CC1(C)OC(=O)c2c(C(=O)NCCN3CCCCC3)cccc21. The lowest BCUT2D eigenvalue weighted by molar-refractivity contribution is 0.00946. The molecular formula is C18H24N2O3. The van der Waals surface area contributed by atoms with Gasteiger partial charge in [0.15, 0.2) is 0 Å². The quantitative estimate of drug-likeness (QED) is 0.866. The first-order chi connectivity index (χ1) is 11.0. The Hall–Kier alpha value is -1.88. The summed E-state index contributed by atoms with van der Waals surface area (Å²) in [5.74, 6) is -0.611. The molecule has 1 aromatic carbocycles. The molecule has 1 aromatic rings. The second kappa shape index (κ2) is 6.32. The van der Waals surface area contributed by atoms with Gasteiger partial charge in [0.25, 0.3) is 5.91 Å². The highest BCUT2D eigenvalue weighted by molar-refractivity contribution is 6.07. The number of fused-ring (bicyclic) bond motifs is 1. The Labute approximate surface area is 137 Å². The molecule has 2 aliphatic heterocycles. The molecule has 1 amide bonds. The zero-order chi connectivity index (χ0) is 16.4. The van der Waals surface area contributed by atoms with Crippen molar-refractivity contribution < 1.29 is 14.3 Å². The summed E-state index contributed by atoms with van der Waals surface area (Å²) >= 11 is 0. The minimum absolute atomic E-state index is 0.200. The first kappa shape index (κ1) is 16.0. The molecule has 23 heavy (non-hydrogen) atoms. The van der Waals surface area contributed by atoms with Gasteiger partial charge in [0.2, 0.25) is 0 Å². The van der Waals surface area contributed by atoms with Gasteiger partial charge in [-0.1, -0.05) is 18.6 Å². The van der Waals surface area contributed by atoms with E-state index < -0.39 is 11.6 Å². The Bertz CT molecular complexity index is 619. The number of ether oxygens (including phenoxy) is 1. The van der Waals surface area contributed by atoms with Gasteiger partial charge >= 0.3 is 5.97 Å². The van der Waals surface area contributed by atoms with E-state index >= 15 is 0 Å². The van der Waals surface area contributed by atoms with Gasteiger partial charge in [-0.2, -0.15) is 0 Å². The number of esters is 1. The molecule has 0 atom stereocenters. The van der Waals surface area contributed by atoms with Crippen molar-refractivity contribution >= 4 is 11.9 Å². The van der Waals surface area contributed by atoms with E-state index in [1.807, 2.05) is 26.0 Å². The number of carbonyl (C=O) groups excluding carboxylic acids is 2. The molecule has 0 bridgehead atoms. The topological polar surface area (TPSA) is 58.6 Å². The number of carbonyl (C=O) groups is 2. The lowest BCUT2D eigenvalue weighted by Gasteiger charge is -2.26. The number of nitrogens with one attached hydrogen (secondary N) is 1. The van der Waals surface area contributed by atoms with E-state index in [0.717, 1.165) is 25.2 Å². The van der Waals surface area contributed by atoms with E-state index in [1.54, 1.807) is 6.07 Å². The summed E-state index contributed by atoms with van der Waals surface area (Å²) in [6.07, 6.45) is 3.78. The van der Waals surface area contributed by atoms with Crippen LogP contribution in [-0.2, 0) is 10.3 Å². The van der Waals surface area contributed by atoms with Gasteiger partial charge in [-0.15, -0.1) is 0 Å². The summed E-state index contributed by atoms with van der Waals surface area (Å²) in [5, 5.41) is 2.94. The molecule has 2 aliphatic rings. The summed E-state index contributed by atoms with van der Waals surface area (Å²) in [6.45, 7) is 7.36. The number of nitrogens with zero attached hydrogens (tertiary/aromatic N) is 1. The normalized spacial score (nSPS) is 20.0. The summed E-state index contributed by atoms with van der Waals surface area (Å²) in [6, 6.07) is 5.35. The number of rotatable bonds is 4. The number of amides is 1. The monoisotopic (exact) mass is 316 g/mol. The predicted octanol–water partition coefficient (Wildman–Crippen LogP) is 2.31. The molecule has 0 aliphatic carbocycles. The van der Waals surface area contributed by atoms with E-state index in [4.69, 9.17) is 4.74 Å². The highest BCUT2D eigenvalue weighted by atomic mass is 16.6. The average molecular weight is 316 g/mol. The second-order valence-corrected chi connectivity index (χ2v) is 6.79. The summed E-state index contributed by atoms with van der Waals surface area (Å²) in [4.78, 5) is 27.0. The smallest absolute Gasteiger partial charge is 0.340 e. The van der Waals surface area contributed by atoms with Gasteiger partial charge in [-0.25, -0.2) is 4.79 Å². The number of piperidine rings is 1. The number of cyclic esters (lactones) is 1. The number of hydrogen-bond acceptors (Lipinski definition) is 4. The van der Waals surface area contributed by atoms with E-state index in [9.17, 15) is 9.59 Å². The zero-order valence-electron chi connectivity index (χ0n) is 13.9. The maximum atomic E-state index is 12.5. The fourth-order valence-electron chi connectivity index (χ4n) is 3.41. The van der Waals surface area contributed by atoms with E-state index in [2.05, 4.69) is 10.2 Å². The third kappa shape index (κ3) is 3.24. The zero-order valence-corrected chi connectivity index (χ0v) is 13.9. The Morgan fingerprint density at radius 1 is 1.26 bits per heavy atom. The molecule has 1 N–H and O–H groups in total. The fraction of sp³-hybridized carbons (Fsp3) is 0.556. The van der Waals surface area contributed by atoms with Gasteiger partial charge in [-0.05, 0) is 45.8 Å². The summed E-state index contributed by atoms with van der Waals surface area (Å²) < 4.78 is 5.38. The van der Waals surface area contributed by atoms with Crippen molar-refractivity contribution in [3.05, 3.63) is 34.9 Å². The number of likely N-dealkylation sites (tertiary alicyclic amines) is 1. The lowest BCUT2D eigenvalue weighted by atomic mass is 9.93. The van der Waals surface area contributed by atoms with E-state index in [-0.39, 0.29) is 5.91 Å². The van der Waals surface area contributed by atoms with E-state index in [0.29, 0.717) is 17.7 Å². The molecule has 0 aromatic heterocycles. The first-order valence-electron chi connectivity index (χ1n) is 8.36. The van der Waals surface area contributed by atoms with Crippen LogP contribution in [0.1, 0.15) is 59.4 Å². The molecule has 0 saturated carbocycles. The van der Waals surface area contributed by atoms with Crippen LogP contribution < -0.4 is 5.32 Å². The molecule has 2 heterocycles. The standard InChI is InChI=1S/C18H24N2O3/c1-18(2)14-8-6-7-13(15(14)17(22)23-18)16(21)19-9-12-20-10-4-3-5-11-20/h6-8H,3-5,9-12H2,1-2H3,(H,19,21). The molecule has 5 heteroatoms. The molecule has 1 fully saturated rings. The van der Waals surface area contributed by atoms with Gasteiger partial charge < -0.3 is 15.0 Å². The molecular weight excluding hydrogens is 292 g/mol. The fourth-order valence-corrected chi connectivity index (χ4v) is 3.41. The highest BCUT2D eigenvalue weighted by Crippen LogP contribution is 2.37. The van der Waals surface area contributed by atoms with Crippen LogP contribution >= 0.6 is 0 Å².